The number of hydrazone groups is 1. The number of hydrogen-bond acceptors (Lipinski definition) is 8. The van der Waals surface area contributed by atoms with Crippen LogP contribution in [0.25, 0.3) is 33.3 Å². The Morgan fingerprint density at radius 2 is 1.83 bits per heavy atom. The van der Waals surface area contributed by atoms with Crippen molar-refractivity contribution in [3.05, 3.63) is 95.6 Å². The first-order chi connectivity index (χ1) is 22.3. The average Bonchev–Trinajstić information content (AvgIpc) is 3.49. The number of benzene rings is 2. The van der Waals surface area contributed by atoms with Crippen LogP contribution in [-0.2, 0) is 17.9 Å². The summed E-state index contributed by atoms with van der Waals surface area (Å²) >= 11 is 0. The number of nitrogens with one attached hydrogen (secondary N) is 3. The Balaban J connectivity index is 1.21. The highest BCUT2D eigenvalue weighted by Gasteiger charge is 2.22. The lowest BCUT2D eigenvalue weighted by Crippen LogP contribution is -2.35. The van der Waals surface area contributed by atoms with Crippen molar-refractivity contribution in [3.63, 3.8) is 0 Å². The first-order valence-corrected chi connectivity index (χ1v) is 15.5. The van der Waals surface area contributed by atoms with Crippen LogP contribution in [0, 0.1) is 11.7 Å². The number of nitrogens with zero attached hydrogens (tertiary/aromatic N) is 5. The van der Waals surface area contributed by atoms with E-state index in [0.717, 1.165) is 59.3 Å². The van der Waals surface area contributed by atoms with Gasteiger partial charge in [-0.2, -0.15) is 5.10 Å². The molecule has 2 aliphatic heterocycles. The number of H-pyrrole nitrogens is 1. The number of amides is 1. The Morgan fingerprint density at radius 3 is 2.65 bits per heavy atom. The molecular weight excluding hydrogens is 583 g/mol. The first-order valence-electron chi connectivity index (χ1n) is 15.5. The summed E-state index contributed by atoms with van der Waals surface area (Å²) < 4.78 is 14.9. The molecule has 0 spiro atoms. The Hall–Kier alpha value is -5.00. The van der Waals surface area contributed by atoms with E-state index in [9.17, 15) is 14.3 Å². The number of carbonyl (C=O) groups is 1. The highest BCUT2D eigenvalue weighted by Crippen LogP contribution is 2.31. The molecule has 11 heteroatoms. The van der Waals surface area contributed by atoms with Crippen LogP contribution in [0.2, 0.25) is 0 Å². The Kier molecular flexibility index (Phi) is 8.02. The fraction of sp³-hybridized carbons (Fsp3) is 0.286. The summed E-state index contributed by atoms with van der Waals surface area (Å²) in [6.07, 6.45) is 8.03. The average molecular weight is 619 g/mol. The fourth-order valence-corrected chi connectivity index (χ4v) is 6.02. The monoisotopic (exact) mass is 618 g/mol. The van der Waals surface area contributed by atoms with Crippen LogP contribution in [0.15, 0.2) is 72.4 Å². The molecule has 0 radical (unpaired) electrons. The molecule has 4 N–H and O–H groups in total. The molecule has 1 saturated heterocycles. The summed E-state index contributed by atoms with van der Waals surface area (Å²) in [7, 11) is 0. The summed E-state index contributed by atoms with van der Waals surface area (Å²) in [5, 5.41) is 17.4. The molecule has 1 fully saturated rings. The van der Waals surface area contributed by atoms with Crippen molar-refractivity contribution in [3.8, 4) is 22.3 Å². The predicted octanol–water partition coefficient (Wildman–Crippen LogP) is 5.23. The molecule has 5 heterocycles. The van der Waals surface area contributed by atoms with Crippen LogP contribution in [0.1, 0.15) is 49.2 Å². The maximum absolute atomic E-state index is 14.9. The van der Waals surface area contributed by atoms with E-state index in [0.29, 0.717) is 46.9 Å². The molecular formula is C35H35FN8O2. The lowest BCUT2D eigenvalue weighted by Gasteiger charge is -2.29. The SMILES string of the molecule is CC(C)C(=O)Nc1cncc(-c2ccc3c(c2)C(c2nc4c(-c5cc(F)cc(CN6CCC(O)CC6)c5)cncc4[nH]2)=NNC3)c1. The molecule has 234 valence electrons. The minimum Gasteiger partial charge on any atom is -0.393 e. The van der Waals surface area contributed by atoms with Gasteiger partial charge in [-0.05, 0) is 65.4 Å². The highest BCUT2D eigenvalue weighted by molar-refractivity contribution is 6.14. The summed E-state index contributed by atoms with van der Waals surface area (Å²) in [4.78, 5) is 31.7. The van der Waals surface area contributed by atoms with Gasteiger partial charge < -0.3 is 20.8 Å². The van der Waals surface area contributed by atoms with E-state index in [-0.39, 0.29) is 23.7 Å². The Morgan fingerprint density at radius 1 is 1.00 bits per heavy atom. The Labute approximate surface area is 265 Å². The number of fused-ring (bicyclic) bond motifs is 2. The second kappa shape index (κ2) is 12.4. The topological polar surface area (TPSA) is 131 Å². The van der Waals surface area contributed by atoms with E-state index in [2.05, 4.69) is 47.8 Å². The van der Waals surface area contributed by atoms with Crippen molar-refractivity contribution in [1.29, 1.82) is 0 Å². The minimum absolute atomic E-state index is 0.0687. The summed E-state index contributed by atoms with van der Waals surface area (Å²) in [6.45, 7) is 6.43. The second-order valence-electron chi connectivity index (χ2n) is 12.3. The number of piperidine rings is 1. The third-order valence-corrected chi connectivity index (χ3v) is 8.54. The van der Waals surface area contributed by atoms with Gasteiger partial charge in [-0.25, -0.2) is 9.37 Å². The number of anilines is 1. The van der Waals surface area contributed by atoms with Gasteiger partial charge >= 0.3 is 0 Å². The second-order valence-corrected chi connectivity index (χ2v) is 12.3. The van der Waals surface area contributed by atoms with Crippen LogP contribution in [-0.4, -0.2) is 60.8 Å². The van der Waals surface area contributed by atoms with E-state index >= 15 is 0 Å². The minimum atomic E-state index is -0.318. The number of pyridine rings is 2. The normalized spacial score (nSPS) is 15.5. The number of aliphatic hydroxyl groups excluding tert-OH is 1. The van der Waals surface area contributed by atoms with Crippen LogP contribution >= 0.6 is 0 Å². The Bertz CT molecular complexity index is 1960. The van der Waals surface area contributed by atoms with Gasteiger partial charge in [-0.3, -0.25) is 19.7 Å². The van der Waals surface area contributed by atoms with Gasteiger partial charge in [0.1, 0.15) is 11.5 Å². The van der Waals surface area contributed by atoms with E-state index in [1.807, 2.05) is 32.0 Å². The van der Waals surface area contributed by atoms with E-state index in [4.69, 9.17) is 4.98 Å². The van der Waals surface area contributed by atoms with Crippen molar-refractivity contribution in [1.82, 2.24) is 30.3 Å². The lowest BCUT2D eigenvalue weighted by molar-refractivity contribution is -0.118. The van der Waals surface area contributed by atoms with Crippen LogP contribution in [0.4, 0.5) is 10.1 Å². The molecule has 0 bridgehead atoms. The van der Waals surface area contributed by atoms with Gasteiger partial charge in [0, 0.05) is 54.6 Å². The third-order valence-electron chi connectivity index (χ3n) is 8.54. The maximum atomic E-state index is 14.9. The molecule has 0 saturated carbocycles. The molecule has 5 aromatic rings. The standard InChI is InChI=1S/C35H35FN8O2/c1-20(2)35(46)40-27-12-25(14-37-16-27)22-3-4-23-15-39-43-33(29(23)13-22)34-41-31-18-38-17-30(32(31)42-34)24-9-21(10-26(36)11-24)19-44-7-5-28(45)6-8-44/h3-4,9-14,16-18,20,28,39,45H,5-8,15,19H2,1-2H3,(H,40,46)(H,41,42). The zero-order valence-corrected chi connectivity index (χ0v) is 25.7. The number of carbonyl (C=O) groups excluding carboxylic acids is 1. The zero-order valence-electron chi connectivity index (χ0n) is 25.7. The van der Waals surface area contributed by atoms with Gasteiger partial charge in [-0.15, -0.1) is 0 Å². The highest BCUT2D eigenvalue weighted by atomic mass is 19.1. The van der Waals surface area contributed by atoms with Crippen molar-refractivity contribution in [2.75, 3.05) is 18.4 Å². The quantitative estimate of drug-likeness (QED) is 0.196. The van der Waals surface area contributed by atoms with Crippen LogP contribution in [0.5, 0.6) is 0 Å². The van der Waals surface area contributed by atoms with Gasteiger partial charge in [0.15, 0.2) is 5.82 Å². The van der Waals surface area contributed by atoms with Crippen molar-refractivity contribution in [2.24, 2.45) is 11.0 Å². The molecule has 46 heavy (non-hydrogen) atoms. The number of likely N-dealkylation sites (tertiary alicyclic amines) is 1. The number of aromatic nitrogens is 4. The summed E-state index contributed by atoms with van der Waals surface area (Å²) in [5.74, 6) is 0.0359. The van der Waals surface area contributed by atoms with Gasteiger partial charge in [0.2, 0.25) is 5.91 Å². The number of aromatic amines is 1. The van der Waals surface area contributed by atoms with Crippen molar-refractivity contribution in [2.45, 2.75) is 45.9 Å². The van der Waals surface area contributed by atoms with Crippen LogP contribution < -0.4 is 10.7 Å². The predicted molar refractivity (Wildman–Crippen MR) is 175 cm³/mol. The van der Waals surface area contributed by atoms with Crippen molar-refractivity contribution >= 4 is 28.3 Å². The fourth-order valence-electron chi connectivity index (χ4n) is 6.02. The number of rotatable bonds is 7. The molecule has 7 rings (SSSR count). The molecule has 0 unspecified atom stereocenters. The van der Waals surface area contributed by atoms with E-state index in [1.54, 1.807) is 30.9 Å². The van der Waals surface area contributed by atoms with E-state index in [1.165, 1.54) is 6.07 Å². The number of halogens is 1. The molecule has 0 aliphatic carbocycles. The molecule has 2 aromatic carbocycles. The smallest absolute Gasteiger partial charge is 0.226 e. The molecule has 1 amide bonds. The van der Waals surface area contributed by atoms with Gasteiger partial charge in [-0.1, -0.05) is 26.0 Å². The first kappa shape index (κ1) is 29.7. The molecule has 3 aromatic heterocycles. The molecule has 0 atom stereocenters. The van der Waals surface area contributed by atoms with Gasteiger partial charge in [0.25, 0.3) is 0 Å². The van der Waals surface area contributed by atoms with E-state index < -0.39 is 0 Å². The lowest BCUT2D eigenvalue weighted by atomic mass is 9.95. The number of imidazole rings is 1. The third kappa shape index (κ3) is 6.11. The molecule has 2 aliphatic rings. The number of aliphatic hydroxyl groups is 1. The number of hydrogen-bond donors (Lipinski definition) is 4. The molecule has 10 nitrogen and oxygen atoms in total. The zero-order chi connectivity index (χ0) is 31.8. The largest absolute Gasteiger partial charge is 0.393 e. The summed E-state index contributed by atoms with van der Waals surface area (Å²) in [6, 6.07) is 13.1. The maximum Gasteiger partial charge on any atom is 0.226 e. The van der Waals surface area contributed by atoms with Gasteiger partial charge in [0.05, 0.1) is 41.8 Å². The van der Waals surface area contributed by atoms with Crippen LogP contribution in [0.3, 0.4) is 0 Å². The van der Waals surface area contributed by atoms with Crippen molar-refractivity contribution < 1.29 is 14.3 Å². The summed E-state index contributed by atoms with van der Waals surface area (Å²) in [5.41, 5.74) is 11.8.